The Morgan fingerprint density at radius 3 is 2.62 bits per heavy atom. The summed E-state index contributed by atoms with van der Waals surface area (Å²) in [5, 5.41) is 3.27. The van der Waals surface area contributed by atoms with Gasteiger partial charge in [0, 0.05) is 12.1 Å². The summed E-state index contributed by atoms with van der Waals surface area (Å²) < 4.78 is 7.52. The smallest absolute Gasteiger partial charge is 0.271 e. The molecule has 6 heteroatoms. The molecule has 2 aromatic heterocycles. The third kappa shape index (κ3) is 3.38. The summed E-state index contributed by atoms with van der Waals surface area (Å²) in [5.41, 5.74) is 0.496. The topological polar surface area (TPSA) is 67.5 Å². The van der Waals surface area contributed by atoms with Gasteiger partial charge in [0.2, 0.25) is 5.91 Å². The molecule has 0 saturated heterocycles. The van der Waals surface area contributed by atoms with E-state index < -0.39 is 5.54 Å². The largest absolute Gasteiger partial charge is 0.463 e. The van der Waals surface area contributed by atoms with Crippen molar-refractivity contribution in [2.45, 2.75) is 83.5 Å². The standard InChI is InChI=1S/C23H31N3O3/c1-4-16(2)26-21(27)19-13-12-18(20-11-8-14-29-20)25(19)15-23(26,3)22(28)24-17-9-6-5-7-10-17/h8,11-14,16-17H,4-7,9-10,15H2,1-3H3,(H,24,28). The van der Waals surface area contributed by atoms with Gasteiger partial charge < -0.3 is 19.2 Å². The molecule has 2 aliphatic rings. The maximum absolute atomic E-state index is 13.6. The van der Waals surface area contributed by atoms with E-state index in [2.05, 4.69) is 12.2 Å². The van der Waals surface area contributed by atoms with Crippen molar-refractivity contribution in [1.82, 2.24) is 14.8 Å². The van der Waals surface area contributed by atoms with Crippen molar-refractivity contribution < 1.29 is 14.0 Å². The molecule has 0 spiro atoms. The number of hydrogen-bond acceptors (Lipinski definition) is 3. The predicted molar refractivity (Wildman–Crippen MR) is 111 cm³/mol. The van der Waals surface area contributed by atoms with Gasteiger partial charge in [-0.3, -0.25) is 9.59 Å². The number of fused-ring (bicyclic) bond motifs is 1. The highest BCUT2D eigenvalue weighted by Gasteiger charge is 2.49. The molecule has 29 heavy (non-hydrogen) atoms. The van der Waals surface area contributed by atoms with E-state index in [4.69, 9.17) is 4.42 Å². The van der Waals surface area contributed by atoms with Gasteiger partial charge in [0.1, 0.15) is 17.0 Å². The zero-order valence-corrected chi connectivity index (χ0v) is 17.6. The predicted octanol–water partition coefficient (Wildman–Crippen LogP) is 4.21. The molecule has 1 fully saturated rings. The van der Waals surface area contributed by atoms with E-state index in [0.29, 0.717) is 18.0 Å². The lowest BCUT2D eigenvalue weighted by Gasteiger charge is -2.47. The van der Waals surface area contributed by atoms with Crippen molar-refractivity contribution in [3.8, 4) is 11.5 Å². The van der Waals surface area contributed by atoms with E-state index in [0.717, 1.165) is 37.8 Å². The normalized spacial score (nSPS) is 23.7. The molecule has 0 aromatic carbocycles. The van der Waals surface area contributed by atoms with Crippen LogP contribution in [0.15, 0.2) is 34.9 Å². The van der Waals surface area contributed by atoms with E-state index in [9.17, 15) is 9.59 Å². The maximum Gasteiger partial charge on any atom is 0.271 e. The number of furan rings is 1. The van der Waals surface area contributed by atoms with Crippen LogP contribution in [-0.4, -0.2) is 38.9 Å². The number of hydrogen-bond donors (Lipinski definition) is 1. The van der Waals surface area contributed by atoms with Crippen LogP contribution in [0.5, 0.6) is 0 Å². The van der Waals surface area contributed by atoms with Crippen LogP contribution in [0.3, 0.4) is 0 Å². The highest BCUT2D eigenvalue weighted by Crippen LogP contribution is 2.35. The van der Waals surface area contributed by atoms with E-state index in [-0.39, 0.29) is 23.9 Å². The SMILES string of the molecule is CCC(C)N1C(=O)c2ccc(-c3ccco3)n2CC1(C)C(=O)NC1CCCCC1. The molecule has 1 N–H and O–H groups in total. The monoisotopic (exact) mass is 397 g/mol. The summed E-state index contributed by atoms with van der Waals surface area (Å²) in [6.45, 7) is 6.40. The number of nitrogens with one attached hydrogen (secondary N) is 1. The zero-order valence-electron chi connectivity index (χ0n) is 17.6. The third-order valence-corrected chi connectivity index (χ3v) is 6.65. The Morgan fingerprint density at radius 2 is 1.97 bits per heavy atom. The molecule has 3 heterocycles. The zero-order chi connectivity index (χ0) is 20.6. The first-order valence-electron chi connectivity index (χ1n) is 10.8. The Kier molecular flexibility index (Phi) is 5.28. The fourth-order valence-electron chi connectivity index (χ4n) is 4.83. The van der Waals surface area contributed by atoms with Gasteiger partial charge in [0.05, 0.1) is 18.5 Å². The number of aromatic nitrogens is 1. The molecule has 156 valence electrons. The number of carbonyl (C=O) groups is 2. The minimum atomic E-state index is -0.947. The molecule has 6 nitrogen and oxygen atoms in total. The number of nitrogens with zero attached hydrogens (tertiary/aromatic N) is 2. The highest BCUT2D eigenvalue weighted by atomic mass is 16.3. The first-order chi connectivity index (χ1) is 14.0. The van der Waals surface area contributed by atoms with Crippen LogP contribution >= 0.6 is 0 Å². The van der Waals surface area contributed by atoms with Crippen molar-refractivity contribution in [1.29, 1.82) is 0 Å². The van der Waals surface area contributed by atoms with Crippen molar-refractivity contribution in [2.75, 3.05) is 0 Å². The average Bonchev–Trinajstić information content (AvgIpc) is 3.38. The van der Waals surface area contributed by atoms with E-state index in [1.54, 1.807) is 11.2 Å². The van der Waals surface area contributed by atoms with E-state index in [1.165, 1.54) is 6.42 Å². The van der Waals surface area contributed by atoms with Crippen LogP contribution in [0.4, 0.5) is 0 Å². The van der Waals surface area contributed by atoms with Crippen LogP contribution in [0.2, 0.25) is 0 Å². The quantitative estimate of drug-likeness (QED) is 0.822. The number of rotatable bonds is 5. The summed E-state index contributed by atoms with van der Waals surface area (Å²) in [6, 6.07) is 7.64. The van der Waals surface area contributed by atoms with Crippen molar-refractivity contribution in [2.24, 2.45) is 0 Å². The van der Waals surface area contributed by atoms with Crippen LogP contribution < -0.4 is 5.32 Å². The van der Waals surface area contributed by atoms with Crippen LogP contribution in [-0.2, 0) is 11.3 Å². The number of carbonyl (C=O) groups excluding carboxylic acids is 2. The first-order valence-corrected chi connectivity index (χ1v) is 10.8. The molecule has 2 unspecified atom stereocenters. The molecule has 2 atom stereocenters. The van der Waals surface area contributed by atoms with Crippen molar-refractivity contribution in [3.63, 3.8) is 0 Å². The lowest BCUT2D eigenvalue weighted by atomic mass is 9.90. The molecule has 2 aromatic rings. The number of amides is 2. The van der Waals surface area contributed by atoms with Crippen LogP contribution in [0, 0.1) is 0 Å². The minimum absolute atomic E-state index is 0.0275. The summed E-state index contributed by atoms with van der Waals surface area (Å²) in [5.74, 6) is 0.559. The van der Waals surface area contributed by atoms with E-state index >= 15 is 0 Å². The minimum Gasteiger partial charge on any atom is -0.463 e. The van der Waals surface area contributed by atoms with Gasteiger partial charge in [0.25, 0.3) is 5.91 Å². The summed E-state index contributed by atoms with van der Waals surface area (Å²) in [7, 11) is 0. The van der Waals surface area contributed by atoms with Gasteiger partial charge >= 0.3 is 0 Å². The van der Waals surface area contributed by atoms with E-state index in [1.807, 2.05) is 42.7 Å². The first kappa shape index (κ1) is 19.8. The summed E-state index contributed by atoms with van der Waals surface area (Å²) >= 11 is 0. The van der Waals surface area contributed by atoms with Gasteiger partial charge in [0.15, 0.2) is 0 Å². The fourth-order valence-corrected chi connectivity index (χ4v) is 4.83. The molecule has 0 radical (unpaired) electrons. The van der Waals surface area contributed by atoms with Crippen molar-refractivity contribution >= 4 is 11.8 Å². The van der Waals surface area contributed by atoms with Gasteiger partial charge in [-0.1, -0.05) is 26.2 Å². The van der Waals surface area contributed by atoms with Crippen LogP contribution in [0.1, 0.15) is 69.8 Å². The summed E-state index contributed by atoms with van der Waals surface area (Å²) in [6.07, 6.45) is 8.00. The Hall–Kier alpha value is -2.50. The molecule has 2 amide bonds. The maximum atomic E-state index is 13.6. The Labute approximate surface area is 172 Å². The van der Waals surface area contributed by atoms with Gasteiger partial charge in [-0.2, -0.15) is 0 Å². The average molecular weight is 398 g/mol. The Bertz CT molecular complexity index is 879. The molecular formula is C23H31N3O3. The second kappa shape index (κ2) is 7.73. The van der Waals surface area contributed by atoms with Crippen molar-refractivity contribution in [3.05, 3.63) is 36.2 Å². The molecule has 4 rings (SSSR count). The van der Waals surface area contributed by atoms with Gasteiger partial charge in [-0.15, -0.1) is 0 Å². The van der Waals surface area contributed by atoms with Gasteiger partial charge in [-0.05, 0) is 57.4 Å². The van der Waals surface area contributed by atoms with Crippen LogP contribution in [0.25, 0.3) is 11.5 Å². The Morgan fingerprint density at radius 1 is 1.24 bits per heavy atom. The highest BCUT2D eigenvalue weighted by molar-refractivity contribution is 6.00. The molecule has 1 aliphatic heterocycles. The third-order valence-electron chi connectivity index (χ3n) is 6.65. The summed E-state index contributed by atoms with van der Waals surface area (Å²) in [4.78, 5) is 28.9. The lowest BCUT2D eigenvalue weighted by Crippen LogP contribution is -2.67. The second-order valence-electron chi connectivity index (χ2n) is 8.68. The molecular weight excluding hydrogens is 366 g/mol. The molecule has 0 bridgehead atoms. The fraction of sp³-hybridized carbons (Fsp3) is 0.565. The second-order valence-corrected chi connectivity index (χ2v) is 8.68. The molecule has 1 saturated carbocycles. The molecule has 1 aliphatic carbocycles. The lowest BCUT2D eigenvalue weighted by molar-refractivity contribution is -0.135. The Balaban J connectivity index is 1.72. The van der Waals surface area contributed by atoms with Gasteiger partial charge in [-0.25, -0.2) is 0 Å².